The summed E-state index contributed by atoms with van der Waals surface area (Å²) in [4.78, 5) is 36.7. The van der Waals surface area contributed by atoms with E-state index in [1.165, 1.54) is 21.1 Å². The molecule has 0 aromatic heterocycles. The minimum atomic E-state index is -0.344. The Hall–Kier alpha value is -4.33. The lowest BCUT2D eigenvalue weighted by atomic mass is 10.1. The third-order valence-corrected chi connectivity index (χ3v) is 4.83. The number of amides is 3. The molecule has 0 fully saturated rings. The Morgan fingerprint density at radius 3 is 2.06 bits per heavy atom. The van der Waals surface area contributed by atoms with Crippen molar-refractivity contribution in [1.29, 1.82) is 0 Å². The fourth-order valence-electron chi connectivity index (χ4n) is 3.15. The summed E-state index contributed by atoms with van der Waals surface area (Å²) in [5.41, 5.74) is 3.21. The highest BCUT2D eigenvalue weighted by atomic mass is 16.5. The van der Waals surface area contributed by atoms with Gasteiger partial charge in [-0.25, -0.2) is 0 Å². The third kappa shape index (κ3) is 5.88. The molecule has 0 unspecified atom stereocenters. The van der Waals surface area contributed by atoms with Crippen LogP contribution in [0.25, 0.3) is 0 Å². The standard InChI is InChI=1S/C25H25N3O5/c1-15-8-10-20(27-24(30)17-6-5-7-19(12-17)26-16(2)29)14-21(15)28-25(31)18-9-11-22(32-3)23(13-18)33-4/h5-14H,1-4H3,(H,26,29)(H,27,30)(H,28,31). The molecule has 8 heteroatoms. The molecule has 3 rings (SSSR count). The van der Waals surface area contributed by atoms with Crippen molar-refractivity contribution in [3.63, 3.8) is 0 Å². The fraction of sp³-hybridized carbons (Fsp3) is 0.160. The molecule has 0 aliphatic heterocycles. The van der Waals surface area contributed by atoms with Gasteiger partial charge in [-0.05, 0) is 61.0 Å². The van der Waals surface area contributed by atoms with Gasteiger partial charge in [0.1, 0.15) is 0 Å². The summed E-state index contributed by atoms with van der Waals surface area (Å²) in [5.74, 6) is 0.0802. The maximum atomic E-state index is 12.8. The van der Waals surface area contributed by atoms with Gasteiger partial charge in [0, 0.05) is 35.1 Å². The van der Waals surface area contributed by atoms with Crippen molar-refractivity contribution in [2.45, 2.75) is 13.8 Å². The summed E-state index contributed by atoms with van der Waals surface area (Å²) >= 11 is 0. The molecule has 0 spiro atoms. The first-order valence-electron chi connectivity index (χ1n) is 10.1. The Morgan fingerprint density at radius 2 is 1.36 bits per heavy atom. The second kappa shape index (κ2) is 10.3. The lowest BCUT2D eigenvalue weighted by Crippen LogP contribution is -2.15. The maximum absolute atomic E-state index is 12.8. The number of anilines is 3. The number of hydrogen-bond acceptors (Lipinski definition) is 5. The van der Waals surface area contributed by atoms with E-state index in [0.29, 0.717) is 39.7 Å². The van der Waals surface area contributed by atoms with Gasteiger partial charge in [0.25, 0.3) is 11.8 Å². The largest absolute Gasteiger partial charge is 0.493 e. The molecule has 3 aromatic carbocycles. The Morgan fingerprint density at radius 1 is 0.697 bits per heavy atom. The minimum Gasteiger partial charge on any atom is -0.493 e. The second-order valence-electron chi connectivity index (χ2n) is 7.27. The molecule has 3 amide bonds. The molecular weight excluding hydrogens is 422 g/mol. The number of nitrogens with one attached hydrogen (secondary N) is 3. The number of carbonyl (C=O) groups excluding carboxylic acids is 3. The average Bonchev–Trinajstić information content (AvgIpc) is 2.80. The third-order valence-electron chi connectivity index (χ3n) is 4.83. The molecule has 3 aromatic rings. The zero-order valence-corrected chi connectivity index (χ0v) is 18.8. The van der Waals surface area contributed by atoms with Crippen LogP contribution < -0.4 is 25.4 Å². The Kier molecular flexibility index (Phi) is 7.30. The van der Waals surface area contributed by atoms with Crippen molar-refractivity contribution in [1.82, 2.24) is 0 Å². The van der Waals surface area contributed by atoms with Crippen LogP contribution in [0, 0.1) is 6.92 Å². The van der Waals surface area contributed by atoms with Gasteiger partial charge in [-0.15, -0.1) is 0 Å². The highest BCUT2D eigenvalue weighted by molar-refractivity contribution is 6.07. The molecule has 0 saturated heterocycles. The molecule has 3 N–H and O–H groups in total. The number of carbonyl (C=O) groups is 3. The van der Waals surface area contributed by atoms with Crippen molar-refractivity contribution in [2.75, 3.05) is 30.2 Å². The normalized spacial score (nSPS) is 10.2. The predicted octanol–water partition coefficient (Wildman–Crippen LogP) is 4.48. The predicted molar refractivity (Wildman–Crippen MR) is 127 cm³/mol. The van der Waals surface area contributed by atoms with E-state index in [1.54, 1.807) is 60.7 Å². The highest BCUT2D eigenvalue weighted by Crippen LogP contribution is 2.28. The van der Waals surface area contributed by atoms with Crippen LogP contribution in [-0.2, 0) is 4.79 Å². The quantitative estimate of drug-likeness (QED) is 0.495. The number of aryl methyl sites for hydroxylation is 1. The molecule has 0 atom stereocenters. The van der Waals surface area contributed by atoms with E-state index in [2.05, 4.69) is 16.0 Å². The summed E-state index contributed by atoms with van der Waals surface area (Å²) in [6, 6.07) is 16.7. The Balaban J connectivity index is 1.76. The molecule has 0 radical (unpaired) electrons. The van der Waals surface area contributed by atoms with Gasteiger partial charge >= 0.3 is 0 Å². The van der Waals surface area contributed by atoms with Gasteiger partial charge in [0.15, 0.2) is 11.5 Å². The first kappa shape index (κ1) is 23.3. The van der Waals surface area contributed by atoms with E-state index in [0.717, 1.165) is 5.56 Å². The van der Waals surface area contributed by atoms with Gasteiger partial charge in [0.05, 0.1) is 14.2 Å². The lowest BCUT2D eigenvalue weighted by molar-refractivity contribution is -0.114. The first-order chi connectivity index (χ1) is 15.8. The number of benzene rings is 3. The van der Waals surface area contributed by atoms with Gasteiger partial charge < -0.3 is 25.4 Å². The smallest absolute Gasteiger partial charge is 0.255 e. The van der Waals surface area contributed by atoms with Crippen LogP contribution in [0.3, 0.4) is 0 Å². The number of methoxy groups -OCH3 is 2. The minimum absolute atomic E-state index is 0.221. The Labute approximate surface area is 191 Å². The molecular formula is C25H25N3O5. The zero-order chi connectivity index (χ0) is 24.0. The van der Waals surface area contributed by atoms with E-state index in [-0.39, 0.29) is 17.7 Å². The van der Waals surface area contributed by atoms with E-state index in [4.69, 9.17) is 9.47 Å². The summed E-state index contributed by atoms with van der Waals surface area (Å²) in [7, 11) is 3.03. The SMILES string of the molecule is COc1ccc(C(=O)Nc2cc(NC(=O)c3cccc(NC(C)=O)c3)ccc2C)cc1OC. The van der Waals surface area contributed by atoms with Crippen molar-refractivity contribution in [2.24, 2.45) is 0 Å². The van der Waals surface area contributed by atoms with Crippen LogP contribution in [0.1, 0.15) is 33.2 Å². The van der Waals surface area contributed by atoms with Gasteiger partial charge in [-0.1, -0.05) is 12.1 Å². The fourth-order valence-corrected chi connectivity index (χ4v) is 3.15. The van der Waals surface area contributed by atoms with E-state index < -0.39 is 0 Å². The van der Waals surface area contributed by atoms with Crippen LogP contribution in [-0.4, -0.2) is 31.9 Å². The number of rotatable bonds is 7. The van der Waals surface area contributed by atoms with Crippen LogP contribution in [0.5, 0.6) is 11.5 Å². The maximum Gasteiger partial charge on any atom is 0.255 e. The highest BCUT2D eigenvalue weighted by Gasteiger charge is 2.13. The van der Waals surface area contributed by atoms with Gasteiger partial charge in [0.2, 0.25) is 5.91 Å². The zero-order valence-electron chi connectivity index (χ0n) is 18.8. The average molecular weight is 447 g/mol. The van der Waals surface area contributed by atoms with Gasteiger partial charge in [-0.3, -0.25) is 14.4 Å². The molecule has 33 heavy (non-hydrogen) atoms. The second-order valence-corrected chi connectivity index (χ2v) is 7.27. The van der Waals surface area contributed by atoms with E-state index >= 15 is 0 Å². The molecule has 0 saturated carbocycles. The van der Waals surface area contributed by atoms with E-state index in [1.807, 2.05) is 6.92 Å². The molecule has 170 valence electrons. The van der Waals surface area contributed by atoms with E-state index in [9.17, 15) is 14.4 Å². The number of ether oxygens (including phenoxy) is 2. The van der Waals surface area contributed by atoms with Crippen molar-refractivity contribution < 1.29 is 23.9 Å². The topological polar surface area (TPSA) is 106 Å². The van der Waals surface area contributed by atoms with Crippen LogP contribution >= 0.6 is 0 Å². The first-order valence-corrected chi connectivity index (χ1v) is 10.1. The molecule has 8 nitrogen and oxygen atoms in total. The lowest BCUT2D eigenvalue weighted by Gasteiger charge is -2.13. The summed E-state index contributed by atoms with van der Waals surface area (Å²) in [5, 5.41) is 8.33. The molecule has 0 bridgehead atoms. The van der Waals surface area contributed by atoms with Crippen LogP contribution in [0.15, 0.2) is 60.7 Å². The Bertz CT molecular complexity index is 1210. The van der Waals surface area contributed by atoms with Gasteiger partial charge in [-0.2, -0.15) is 0 Å². The molecule has 0 aliphatic carbocycles. The number of hydrogen-bond donors (Lipinski definition) is 3. The molecule has 0 heterocycles. The molecule has 0 aliphatic rings. The van der Waals surface area contributed by atoms with Crippen molar-refractivity contribution in [3.8, 4) is 11.5 Å². The summed E-state index contributed by atoms with van der Waals surface area (Å²) in [6.07, 6.45) is 0. The summed E-state index contributed by atoms with van der Waals surface area (Å²) in [6.45, 7) is 3.25. The van der Waals surface area contributed by atoms with Crippen molar-refractivity contribution in [3.05, 3.63) is 77.4 Å². The summed E-state index contributed by atoms with van der Waals surface area (Å²) < 4.78 is 10.5. The van der Waals surface area contributed by atoms with Crippen LogP contribution in [0.2, 0.25) is 0 Å². The van der Waals surface area contributed by atoms with Crippen molar-refractivity contribution >= 4 is 34.8 Å². The van der Waals surface area contributed by atoms with Crippen LogP contribution in [0.4, 0.5) is 17.1 Å². The monoisotopic (exact) mass is 447 g/mol.